The number of Topliss-reactive ketones (excluding diaryl/α,β-unsaturated/α-hetero) is 1. The van der Waals surface area contributed by atoms with Gasteiger partial charge in [-0.3, -0.25) is 9.69 Å². The molecule has 2 heterocycles. The Kier molecular flexibility index (Phi) is 7.83. The van der Waals surface area contributed by atoms with E-state index in [4.69, 9.17) is 16.3 Å². The van der Waals surface area contributed by atoms with Gasteiger partial charge < -0.3 is 14.8 Å². The fourth-order valence-corrected chi connectivity index (χ4v) is 4.36. The van der Waals surface area contributed by atoms with E-state index in [9.17, 15) is 19.2 Å². The van der Waals surface area contributed by atoms with Crippen LogP contribution in [0.25, 0.3) is 0 Å². The quantitative estimate of drug-likeness (QED) is 0.354. The zero-order valence-electron chi connectivity index (χ0n) is 20.2. The minimum absolute atomic E-state index is 0.00563. The molecule has 3 rings (SSSR count). The molecule has 0 aliphatic carbocycles. The Labute approximate surface area is 204 Å². The van der Waals surface area contributed by atoms with Crippen molar-refractivity contribution in [3.8, 4) is 0 Å². The van der Waals surface area contributed by atoms with Gasteiger partial charge in [-0.2, -0.15) is 4.73 Å². The van der Waals surface area contributed by atoms with Crippen molar-refractivity contribution in [3.05, 3.63) is 68.9 Å². The predicted molar refractivity (Wildman–Crippen MR) is 127 cm³/mol. The number of pyridine rings is 1. The minimum atomic E-state index is -0.760. The average molecular weight is 492 g/mol. The minimum Gasteiger partial charge on any atom is -0.619 e. The number of carbonyl (C=O) groups excluding carboxylic acids is 2. The average Bonchev–Trinajstić information content (AvgIpc) is 2.69. The maximum atomic E-state index is 13.6. The monoisotopic (exact) mass is 491 g/mol. The van der Waals surface area contributed by atoms with Crippen LogP contribution in [-0.2, 0) is 17.7 Å². The summed E-state index contributed by atoms with van der Waals surface area (Å²) in [6.07, 6.45) is 1.53. The molecule has 0 radical (unpaired) electrons. The molecule has 1 aliphatic rings. The summed E-state index contributed by atoms with van der Waals surface area (Å²) >= 11 is 6.36. The Morgan fingerprint density at radius 3 is 2.50 bits per heavy atom. The van der Waals surface area contributed by atoms with E-state index in [-0.39, 0.29) is 34.6 Å². The number of nitrogens with zero attached hydrogens (tertiary/aromatic N) is 3. The SMILES string of the molecule is Cc1c(CC(=O)c2cc(F)c[n+]([O-])c2)cc(Cl)cc1CN1CCN(C(=O)OC(C)(C)C)[C@@H](C)C1. The second-order valence-corrected chi connectivity index (χ2v) is 10.2. The van der Waals surface area contributed by atoms with E-state index < -0.39 is 11.4 Å². The fourth-order valence-electron chi connectivity index (χ4n) is 4.10. The number of carbonyl (C=O) groups is 2. The van der Waals surface area contributed by atoms with Crippen LogP contribution >= 0.6 is 11.6 Å². The summed E-state index contributed by atoms with van der Waals surface area (Å²) in [6.45, 7) is 12.0. The van der Waals surface area contributed by atoms with Crippen molar-refractivity contribution in [1.82, 2.24) is 9.80 Å². The van der Waals surface area contributed by atoms with Gasteiger partial charge in [-0.15, -0.1) is 0 Å². The molecular weight excluding hydrogens is 461 g/mol. The van der Waals surface area contributed by atoms with Gasteiger partial charge in [-0.05, 0) is 69.5 Å². The predicted octanol–water partition coefficient (Wildman–Crippen LogP) is 4.29. The highest BCUT2D eigenvalue weighted by atomic mass is 35.5. The van der Waals surface area contributed by atoms with Gasteiger partial charge in [0.2, 0.25) is 6.20 Å². The second kappa shape index (κ2) is 10.3. The zero-order valence-corrected chi connectivity index (χ0v) is 21.0. The fraction of sp³-hybridized carbons (Fsp3) is 0.480. The van der Waals surface area contributed by atoms with Crippen molar-refractivity contribution >= 4 is 23.5 Å². The number of amides is 1. The Hall–Kier alpha value is -2.71. The van der Waals surface area contributed by atoms with E-state index in [0.29, 0.717) is 31.2 Å². The molecule has 1 aromatic carbocycles. The molecule has 1 atom stereocenters. The van der Waals surface area contributed by atoms with Crippen LogP contribution in [-0.4, -0.2) is 53.0 Å². The van der Waals surface area contributed by atoms with Gasteiger partial charge in [-0.25, -0.2) is 9.18 Å². The molecule has 1 amide bonds. The summed E-state index contributed by atoms with van der Waals surface area (Å²) < 4.78 is 19.4. The van der Waals surface area contributed by atoms with Crippen LogP contribution in [0, 0.1) is 17.9 Å². The van der Waals surface area contributed by atoms with E-state index in [1.807, 2.05) is 40.7 Å². The van der Waals surface area contributed by atoms with Crippen molar-refractivity contribution in [2.24, 2.45) is 0 Å². The molecular formula is C25H31ClFN3O4. The van der Waals surface area contributed by atoms with Crippen LogP contribution in [0.2, 0.25) is 5.02 Å². The first-order valence-corrected chi connectivity index (χ1v) is 11.6. The lowest BCUT2D eigenvalue weighted by Gasteiger charge is -2.40. The lowest BCUT2D eigenvalue weighted by atomic mass is 9.96. The van der Waals surface area contributed by atoms with Gasteiger partial charge in [0.25, 0.3) is 0 Å². The van der Waals surface area contributed by atoms with Crippen molar-refractivity contribution in [2.75, 3.05) is 19.6 Å². The lowest BCUT2D eigenvalue weighted by Crippen LogP contribution is -2.54. The molecule has 34 heavy (non-hydrogen) atoms. The molecule has 1 aromatic heterocycles. The van der Waals surface area contributed by atoms with Crippen molar-refractivity contribution in [2.45, 2.75) is 59.2 Å². The van der Waals surface area contributed by atoms with Crippen LogP contribution in [0.5, 0.6) is 0 Å². The lowest BCUT2D eigenvalue weighted by molar-refractivity contribution is -0.607. The molecule has 9 heteroatoms. The van der Waals surface area contributed by atoms with E-state index in [1.165, 1.54) is 0 Å². The summed E-state index contributed by atoms with van der Waals surface area (Å²) in [7, 11) is 0. The number of ketones is 1. The van der Waals surface area contributed by atoms with Gasteiger partial charge in [0, 0.05) is 43.7 Å². The molecule has 2 aromatic rings. The molecule has 1 aliphatic heterocycles. The van der Waals surface area contributed by atoms with E-state index in [2.05, 4.69) is 4.90 Å². The van der Waals surface area contributed by atoms with E-state index >= 15 is 0 Å². The molecule has 7 nitrogen and oxygen atoms in total. The molecule has 184 valence electrons. The number of benzene rings is 1. The van der Waals surface area contributed by atoms with Crippen molar-refractivity contribution in [1.29, 1.82) is 0 Å². The first-order chi connectivity index (χ1) is 15.8. The first kappa shape index (κ1) is 25.9. The third kappa shape index (κ3) is 6.67. The Balaban J connectivity index is 1.70. The van der Waals surface area contributed by atoms with Gasteiger partial charge in [-0.1, -0.05) is 11.6 Å². The van der Waals surface area contributed by atoms with Crippen molar-refractivity contribution < 1.29 is 23.4 Å². The van der Waals surface area contributed by atoms with Gasteiger partial charge in [0.05, 0.1) is 5.56 Å². The Morgan fingerprint density at radius 1 is 1.21 bits per heavy atom. The largest absolute Gasteiger partial charge is 0.619 e. The number of rotatable bonds is 5. The molecule has 1 fully saturated rings. The highest BCUT2D eigenvalue weighted by molar-refractivity contribution is 6.30. The highest BCUT2D eigenvalue weighted by Gasteiger charge is 2.31. The van der Waals surface area contributed by atoms with Crippen LogP contribution < -0.4 is 4.73 Å². The Bertz CT molecular complexity index is 1070. The summed E-state index contributed by atoms with van der Waals surface area (Å²) in [5.41, 5.74) is 2.11. The second-order valence-electron chi connectivity index (χ2n) is 9.81. The number of aromatic nitrogens is 1. The number of piperazine rings is 1. The number of hydrogen-bond donors (Lipinski definition) is 0. The van der Waals surface area contributed by atoms with Crippen LogP contribution in [0.1, 0.15) is 54.7 Å². The summed E-state index contributed by atoms with van der Waals surface area (Å²) in [4.78, 5) is 29.2. The number of halogens is 2. The molecule has 0 saturated carbocycles. The number of ether oxygens (including phenoxy) is 1. The maximum absolute atomic E-state index is 13.6. The Morgan fingerprint density at radius 2 is 1.88 bits per heavy atom. The smallest absolute Gasteiger partial charge is 0.410 e. The van der Waals surface area contributed by atoms with Gasteiger partial charge in [0.15, 0.2) is 17.8 Å². The van der Waals surface area contributed by atoms with Gasteiger partial charge >= 0.3 is 6.09 Å². The van der Waals surface area contributed by atoms with E-state index in [0.717, 1.165) is 35.2 Å². The van der Waals surface area contributed by atoms with Crippen LogP contribution in [0.15, 0.2) is 30.6 Å². The van der Waals surface area contributed by atoms with Gasteiger partial charge in [0.1, 0.15) is 5.60 Å². The third-order valence-electron chi connectivity index (χ3n) is 5.80. The maximum Gasteiger partial charge on any atom is 0.410 e. The highest BCUT2D eigenvalue weighted by Crippen LogP contribution is 2.25. The summed E-state index contributed by atoms with van der Waals surface area (Å²) in [5.74, 6) is -1.12. The first-order valence-electron chi connectivity index (χ1n) is 11.2. The zero-order chi connectivity index (χ0) is 25.2. The molecule has 0 unspecified atom stereocenters. The molecule has 1 saturated heterocycles. The molecule has 0 bridgehead atoms. The normalized spacial score (nSPS) is 17.0. The molecule has 0 N–H and O–H groups in total. The van der Waals surface area contributed by atoms with Crippen molar-refractivity contribution in [3.63, 3.8) is 0 Å². The van der Waals surface area contributed by atoms with E-state index in [1.54, 1.807) is 11.0 Å². The number of hydrogen-bond acceptors (Lipinski definition) is 5. The summed E-state index contributed by atoms with van der Waals surface area (Å²) in [6, 6.07) is 4.65. The standard InChI is InChI=1S/C25H31ClFN3O4/c1-16-12-28(6-7-30(16)24(32)34-25(3,4)5)13-19-9-21(26)8-18(17(19)2)11-23(31)20-10-22(27)15-29(33)14-20/h8-10,14-16H,6-7,11-13H2,1-5H3/t16-/m0/s1. The van der Waals surface area contributed by atoms with Crippen LogP contribution in [0.3, 0.4) is 0 Å². The topological polar surface area (TPSA) is 76.8 Å². The molecule has 0 spiro atoms. The van der Waals surface area contributed by atoms with Crippen LogP contribution in [0.4, 0.5) is 9.18 Å². The summed E-state index contributed by atoms with van der Waals surface area (Å²) in [5, 5.41) is 12.0. The third-order valence-corrected chi connectivity index (χ3v) is 6.02.